The van der Waals surface area contributed by atoms with Crippen molar-refractivity contribution < 1.29 is 13.9 Å². The second kappa shape index (κ2) is 7.26. The van der Waals surface area contributed by atoms with Crippen molar-refractivity contribution in [2.45, 2.75) is 6.54 Å². The van der Waals surface area contributed by atoms with E-state index in [9.17, 15) is 9.18 Å². The van der Waals surface area contributed by atoms with Crippen LogP contribution in [0.1, 0.15) is 5.56 Å². The van der Waals surface area contributed by atoms with Gasteiger partial charge in [-0.25, -0.2) is 9.18 Å². The van der Waals surface area contributed by atoms with E-state index in [0.29, 0.717) is 18.0 Å². The number of hydrogen-bond donors (Lipinski definition) is 1. The highest BCUT2D eigenvalue weighted by atomic mass is 79.9. The molecule has 0 aliphatic heterocycles. The molecule has 2 aromatic rings. The molecule has 6 heteroatoms. The summed E-state index contributed by atoms with van der Waals surface area (Å²) in [4.78, 5) is 13.7. The Balaban J connectivity index is 2.05. The van der Waals surface area contributed by atoms with E-state index in [1.165, 1.54) is 29.2 Å². The monoisotopic (exact) mass is 366 g/mol. The zero-order valence-corrected chi connectivity index (χ0v) is 13.9. The van der Waals surface area contributed by atoms with Crippen LogP contribution in [0.15, 0.2) is 46.9 Å². The number of urea groups is 1. The lowest BCUT2D eigenvalue weighted by Gasteiger charge is -2.19. The van der Waals surface area contributed by atoms with Gasteiger partial charge in [0.2, 0.25) is 0 Å². The van der Waals surface area contributed by atoms with E-state index < -0.39 is 0 Å². The molecule has 0 radical (unpaired) electrons. The Morgan fingerprint density at radius 3 is 2.59 bits per heavy atom. The predicted octanol–water partition coefficient (Wildman–Crippen LogP) is 4.26. The van der Waals surface area contributed by atoms with Crippen LogP contribution in [0.5, 0.6) is 5.75 Å². The lowest BCUT2D eigenvalue weighted by atomic mass is 10.2. The maximum atomic E-state index is 12.8. The number of amides is 2. The van der Waals surface area contributed by atoms with Gasteiger partial charge in [0.1, 0.15) is 11.6 Å². The van der Waals surface area contributed by atoms with Crippen molar-refractivity contribution in [3.63, 3.8) is 0 Å². The van der Waals surface area contributed by atoms with Crippen LogP contribution in [-0.4, -0.2) is 25.1 Å². The SMILES string of the molecule is COc1ccc(Br)cc1CN(C)C(=O)Nc1ccc(F)cc1. The first-order valence-electron chi connectivity index (χ1n) is 6.59. The van der Waals surface area contributed by atoms with E-state index in [0.717, 1.165) is 10.0 Å². The fraction of sp³-hybridized carbons (Fsp3) is 0.188. The maximum absolute atomic E-state index is 12.8. The molecule has 0 unspecified atom stereocenters. The minimum atomic E-state index is -0.342. The molecular formula is C16H16BrFN2O2. The molecule has 0 saturated carbocycles. The lowest BCUT2D eigenvalue weighted by molar-refractivity contribution is 0.220. The summed E-state index contributed by atoms with van der Waals surface area (Å²) in [6, 6.07) is 11.0. The first-order chi connectivity index (χ1) is 10.5. The van der Waals surface area contributed by atoms with E-state index >= 15 is 0 Å². The van der Waals surface area contributed by atoms with Gasteiger partial charge in [-0.2, -0.15) is 0 Å². The van der Waals surface area contributed by atoms with Crippen molar-refractivity contribution in [1.82, 2.24) is 4.90 Å². The van der Waals surface area contributed by atoms with Crippen molar-refractivity contribution in [3.05, 3.63) is 58.3 Å². The normalized spacial score (nSPS) is 10.2. The average Bonchev–Trinajstić information content (AvgIpc) is 2.49. The van der Waals surface area contributed by atoms with Crippen LogP contribution in [0.2, 0.25) is 0 Å². The summed E-state index contributed by atoms with van der Waals surface area (Å²) in [7, 11) is 3.27. The Hall–Kier alpha value is -2.08. The number of rotatable bonds is 4. The van der Waals surface area contributed by atoms with E-state index in [1.807, 2.05) is 18.2 Å². The van der Waals surface area contributed by atoms with Gasteiger partial charge in [0, 0.05) is 22.8 Å². The van der Waals surface area contributed by atoms with Gasteiger partial charge in [0.25, 0.3) is 0 Å². The summed E-state index contributed by atoms with van der Waals surface area (Å²) in [6.45, 7) is 0.385. The minimum Gasteiger partial charge on any atom is -0.496 e. The fourth-order valence-electron chi connectivity index (χ4n) is 1.95. The zero-order chi connectivity index (χ0) is 16.1. The van der Waals surface area contributed by atoms with E-state index in [2.05, 4.69) is 21.2 Å². The van der Waals surface area contributed by atoms with Gasteiger partial charge in [-0.3, -0.25) is 0 Å². The molecule has 0 fully saturated rings. The maximum Gasteiger partial charge on any atom is 0.321 e. The number of benzene rings is 2. The number of halogens is 2. The number of methoxy groups -OCH3 is 1. The second-order valence-corrected chi connectivity index (χ2v) is 5.66. The minimum absolute atomic E-state index is 0.284. The number of carbonyl (C=O) groups is 1. The van der Waals surface area contributed by atoms with E-state index in [4.69, 9.17) is 4.74 Å². The third kappa shape index (κ3) is 4.21. The smallest absolute Gasteiger partial charge is 0.321 e. The molecule has 0 atom stereocenters. The van der Waals surface area contributed by atoms with E-state index in [1.54, 1.807) is 14.2 Å². The molecule has 0 heterocycles. The largest absolute Gasteiger partial charge is 0.496 e. The summed E-state index contributed by atoms with van der Waals surface area (Å²) in [5, 5.41) is 2.71. The molecule has 0 saturated heterocycles. The number of carbonyl (C=O) groups excluding carboxylic acids is 1. The van der Waals surface area contributed by atoms with Gasteiger partial charge >= 0.3 is 6.03 Å². The molecule has 0 bridgehead atoms. The lowest BCUT2D eigenvalue weighted by Crippen LogP contribution is -2.31. The fourth-order valence-corrected chi connectivity index (χ4v) is 2.36. The van der Waals surface area contributed by atoms with Crippen LogP contribution >= 0.6 is 15.9 Å². The van der Waals surface area contributed by atoms with Crippen molar-refractivity contribution in [3.8, 4) is 5.75 Å². The van der Waals surface area contributed by atoms with Crippen LogP contribution in [0.4, 0.5) is 14.9 Å². The number of nitrogens with one attached hydrogen (secondary N) is 1. The quantitative estimate of drug-likeness (QED) is 0.877. The molecule has 0 aromatic heterocycles. The third-order valence-corrected chi connectivity index (χ3v) is 3.59. The summed E-state index contributed by atoms with van der Waals surface area (Å²) in [5.41, 5.74) is 1.42. The van der Waals surface area contributed by atoms with Crippen LogP contribution in [0.3, 0.4) is 0 Å². The van der Waals surface area contributed by atoms with Crippen LogP contribution < -0.4 is 10.1 Å². The number of nitrogens with zero attached hydrogens (tertiary/aromatic N) is 1. The summed E-state index contributed by atoms with van der Waals surface area (Å²) in [5.74, 6) is 0.370. The predicted molar refractivity (Wildman–Crippen MR) is 87.6 cm³/mol. The molecule has 22 heavy (non-hydrogen) atoms. The Morgan fingerprint density at radius 1 is 1.27 bits per heavy atom. The Morgan fingerprint density at radius 2 is 1.95 bits per heavy atom. The van der Waals surface area contributed by atoms with Gasteiger partial charge in [-0.1, -0.05) is 15.9 Å². The highest BCUT2D eigenvalue weighted by molar-refractivity contribution is 9.10. The Bertz CT molecular complexity index is 662. The molecule has 4 nitrogen and oxygen atoms in total. The van der Waals surface area contributed by atoms with Crippen molar-refractivity contribution >= 4 is 27.6 Å². The molecule has 2 amide bonds. The first-order valence-corrected chi connectivity index (χ1v) is 7.39. The van der Waals surface area contributed by atoms with Gasteiger partial charge < -0.3 is 15.0 Å². The van der Waals surface area contributed by atoms with Crippen molar-refractivity contribution in [1.29, 1.82) is 0 Å². The van der Waals surface area contributed by atoms with Gasteiger partial charge in [0.15, 0.2) is 0 Å². The topological polar surface area (TPSA) is 41.6 Å². The van der Waals surface area contributed by atoms with E-state index in [-0.39, 0.29) is 11.8 Å². The third-order valence-electron chi connectivity index (χ3n) is 3.09. The number of ether oxygens (including phenoxy) is 1. The Kier molecular flexibility index (Phi) is 5.38. The first kappa shape index (κ1) is 16.3. The average molecular weight is 367 g/mol. The summed E-state index contributed by atoms with van der Waals surface area (Å²) < 4.78 is 19.1. The van der Waals surface area contributed by atoms with Crippen molar-refractivity contribution in [2.24, 2.45) is 0 Å². The second-order valence-electron chi connectivity index (χ2n) is 4.75. The molecule has 0 spiro atoms. The highest BCUT2D eigenvalue weighted by Gasteiger charge is 2.12. The zero-order valence-electron chi connectivity index (χ0n) is 12.3. The van der Waals surface area contributed by atoms with Crippen LogP contribution in [0.25, 0.3) is 0 Å². The molecule has 0 aliphatic carbocycles. The molecule has 116 valence electrons. The van der Waals surface area contributed by atoms with Gasteiger partial charge in [0.05, 0.1) is 13.7 Å². The van der Waals surface area contributed by atoms with Crippen LogP contribution in [-0.2, 0) is 6.54 Å². The molecular weight excluding hydrogens is 351 g/mol. The molecule has 2 aromatic carbocycles. The van der Waals surface area contributed by atoms with Gasteiger partial charge in [-0.15, -0.1) is 0 Å². The Labute approximate surface area is 137 Å². The summed E-state index contributed by atoms with van der Waals surface area (Å²) in [6.07, 6.45) is 0. The number of anilines is 1. The molecule has 0 aliphatic rings. The summed E-state index contributed by atoms with van der Waals surface area (Å²) >= 11 is 3.40. The molecule has 2 rings (SSSR count). The van der Waals surface area contributed by atoms with Crippen LogP contribution in [0, 0.1) is 5.82 Å². The van der Waals surface area contributed by atoms with Crippen molar-refractivity contribution in [2.75, 3.05) is 19.5 Å². The standard InChI is InChI=1S/C16H16BrFN2O2/c1-20(10-11-9-12(17)3-8-15(11)22-2)16(21)19-14-6-4-13(18)5-7-14/h3-9H,10H2,1-2H3,(H,19,21). The molecule has 1 N–H and O–H groups in total. The number of hydrogen-bond acceptors (Lipinski definition) is 2. The highest BCUT2D eigenvalue weighted by Crippen LogP contribution is 2.24. The van der Waals surface area contributed by atoms with Gasteiger partial charge in [-0.05, 0) is 42.5 Å².